The molecular formula is C32H35F4N3O8. The molecule has 1 amide bonds. The van der Waals surface area contributed by atoms with Crippen molar-refractivity contribution in [1.82, 2.24) is 9.80 Å². The van der Waals surface area contributed by atoms with Gasteiger partial charge in [0.2, 0.25) is 5.91 Å². The Morgan fingerprint density at radius 1 is 1.04 bits per heavy atom. The van der Waals surface area contributed by atoms with Crippen LogP contribution in [0.3, 0.4) is 0 Å². The van der Waals surface area contributed by atoms with E-state index in [4.69, 9.17) is 19.6 Å². The highest BCUT2D eigenvalue weighted by Crippen LogP contribution is 2.41. The highest BCUT2D eigenvalue weighted by atomic mass is 19.4. The molecule has 1 unspecified atom stereocenters. The minimum Gasteiger partial charge on any atom is -0.490 e. The average molecular weight is 666 g/mol. The minimum absolute atomic E-state index is 0.0167. The van der Waals surface area contributed by atoms with Crippen LogP contribution < -0.4 is 14.2 Å². The van der Waals surface area contributed by atoms with E-state index in [1.54, 1.807) is 34.6 Å². The lowest BCUT2D eigenvalue weighted by Gasteiger charge is -2.28. The number of amidine groups is 1. The predicted molar refractivity (Wildman–Crippen MR) is 158 cm³/mol. The van der Waals surface area contributed by atoms with Gasteiger partial charge in [-0.2, -0.15) is 13.2 Å². The highest BCUT2D eigenvalue weighted by Gasteiger charge is 2.43. The number of carboxylic acid groups (broad SMARTS) is 1. The van der Waals surface area contributed by atoms with Crippen molar-refractivity contribution in [2.75, 3.05) is 19.8 Å². The first kappa shape index (κ1) is 35.2. The number of aliphatic carboxylic acids is 1. The number of Topliss-reactive ketones (excluding diaryl/α,β-unsaturated/α-hetero) is 1. The number of hydrogen-bond donors (Lipinski definition) is 2. The van der Waals surface area contributed by atoms with Gasteiger partial charge < -0.3 is 29.1 Å². The van der Waals surface area contributed by atoms with Crippen LogP contribution in [-0.4, -0.2) is 76.3 Å². The molecule has 15 heteroatoms. The molecule has 0 aliphatic carbocycles. The Morgan fingerprint density at radius 2 is 1.70 bits per heavy atom. The maximum absolute atomic E-state index is 15.6. The van der Waals surface area contributed by atoms with Crippen molar-refractivity contribution in [3.63, 3.8) is 0 Å². The molecular weight excluding hydrogens is 630 g/mol. The van der Waals surface area contributed by atoms with Crippen LogP contribution in [0, 0.1) is 11.2 Å². The molecule has 2 heterocycles. The monoisotopic (exact) mass is 665 g/mol. The number of amides is 1. The third-order valence-corrected chi connectivity index (χ3v) is 7.78. The number of likely N-dealkylation sites (tertiary alicyclic amines) is 1. The van der Waals surface area contributed by atoms with E-state index in [0.717, 1.165) is 11.0 Å². The Morgan fingerprint density at radius 3 is 2.28 bits per heavy atom. The SMILES string of the molecule is CCOc1cc2c(c(F)c1OCC)C(=N)N(CC(=O)c1cc(CN3C(=O)CCC3C(=O)O)c(OC(=O)C(F)(F)F)c(C(C)(C)C)c1)C2. The summed E-state index contributed by atoms with van der Waals surface area (Å²) in [6, 6.07) is 2.67. The van der Waals surface area contributed by atoms with E-state index in [9.17, 15) is 37.5 Å². The second kappa shape index (κ2) is 13.2. The number of carboxylic acids is 1. The van der Waals surface area contributed by atoms with Gasteiger partial charge in [-0.15, -0.1) is 0 Å². The summed E-state index contributed by atoms with van der Waals surface area (Å²) in [4.78, 5) is 52.5. The van der Waals surface area contributed by atoms with Gasteiger partial charge >= 0.3 is 18.1 Å². The molecule has 254 valence electrons. The van der Waals surface area contributed by atoms with Crippen molar-refractivity contribution in [3.8, 4) is 17.2 Å². The number of esters is 1. The van der Waals surface area contributed by atoms with Gasteiger partial charge in [-0.05, 0) is 49.4 Å². The summed E-state index contributed by atoms with van der Waals surface area (Å²) in [5.41, 5.74) is -0.938. The third-order valence-electron chi connectivity index (χ3n) is 7.78. The molecule has 2 aliphatic heterocycles. The first-order valence-corrected chi connectivity index (χ1v) is 14.9. The van der Waals surface area contributed by atoms with Gasteiger partial charge in [-0.25, -0.2) is 14.0 Å². The number of fused-ring (bicyclic) bond motifs is 1. The predicted octanol–water partition coefficient (Wildman–Crippen LogP) is 4.99. The minimum atomic E-state index is -5.38. The van der Waals surface area contributed by atoms with Crippen LogP contribution in [0.25, 0.3) is 0 Å². The topological polar surface area (TPSA) is 147 Å². The van der Waals surface area contributed by atoms with Crippen LogP contribution in [0.1, 0.15) is 80.1 Å². The molecule has 47 heavy (non-hydrogen) atoms. The van der Waals surface area contributed by atoms with Crippen molar-refractivity contribution >= 4 is 29.5 Å². The molecule has 11 nitrogen and oxygen atoms in total. The zero-order valence-corrected chi connectivity index (χ0v) is 26.5. The summed E-state index contributed by atoms with van der Waals surface area (Å²) in [6.45, 7) is 7.50. The number of benzene rings is 2. The number of ketones is 1. The average Bonchev–Trinajstić information content (AvgIpc) is 3.49. The number of halogens is 4. The summed E-state index contributed by atoms with van der Waals surface area (Å²) in [7, 11) is 0. The van der Waals surface area contributed by atoms with Crippen LogP contribution in [0.2, 0.25) is 0 Å². The van der Waals surface area contributed by atoms with Crippen LogP contribution in [0.15, 0.2) is 18.2 Å². The lowest BCUT2D eigenvalue weighted by Crippen LogP contribution is -2.38. The normalized spacial score (nSPS) is 16.4. The molecule has 4 rings (SSSR count). The van der Waals surface area contributed by atoms with Crippen molar-refractivity contribution < 1.29 is 56.1 Å². The van der Waals surface area contributed by atoms with Crippen molar-refractivity contribution in [2.45, 2.75) is 78.2 Å². The van der Waals surface area contributed by atoms with Gasteiger partial charge in [0.15, 0.2) is 23.1 Å². The van der Waals surface area contributed by atoms with Gasteiger partial charge in [0.05, 0.1) is 31.9 Å². The van der Waals surface area contributed by atoms with E-state index < -0.39 is 65.9 Å². The van der Waals surface area contributed by atoms with Crippen LogP contribution >= 0.6 is 0 Å². The van der Waals surface area contributed by atoms with Crippen LogP contribution in [0.4, 0.5) is 17.6 Å². The maximum atomic E-state index is 15.6. The molecule has 0 radical (unpaired) electrons. The molecule has 2 aromatic carbocycles. The fourth-order valence-electron chi connectivity index (χ4n) is 5.59. The lowest BCUT2D eigenvalue weighted by atomic mass is 9.83. The summed E-state index contributed by atoms with van der Waals surface area (Å²) < 4.78 is 71.4. The standard InChI is InChI=1S/C32H35F4N3O8/c1-6-45-22-12-17-13-38(28(37)24(17)25(33)27(22)46-7-2)15-21(40)16-10-18(14-39-20(29(42)43)8-9-23(39)41)26(19(11-16)31(3,4)5)47-30(44)32(34,35)36/h10-12,20,37H,6-9,13-15H2,1-5H3,(H,42,43). The van der Waals surface area contributed by atoms with Crippen molar-refractivity contribution in [1.29, 1.82) is 5.41 Å². The number of ether oxygens (including phenoxy) is 3. The second-order valence-electron chi connectivity index (χ2n) is 12.1. The molecule has 0 saturated carbocycles. The van der Waals surface area contributed by atoms with Crippen molar-refractivity contribution in [3.05, 3.63) is 51.8 Å². The molecule has 1 atom stereocenters. The van der Waals surface area contributed by atoms with Gasteiger partial charge in [0, 0.05) is 29.7 Å². The van der Waals surface area contributed by atoms with Crippen LogP contribution in [-0.2, 0) is 32.9 Å². The Balaban J connectivity index is 1.76. The number of hydrogen-bond acceptors (Lipinski definition) is 8. The van der Waals surface area contributed by atoms with E-state index >= 15 is 4.39 Å². The molecule has 2 aliphatic rings. The first-order chi connectivity index (χ1) is 21.9. The number of alkyl halides is 3. The maximum Gasteiger partial charge on any atom is 0.491 e. The van der Waals surface area contributed by atoms with Crippen molar-refractivity contribution in [2.24, 2.45) is 0 Å². The highest BCUT2D eigenvalue weighted by molar-refractivity contribution is 6.06. The molecule has 2 N–H and O–H groups in total. The fraction of sp³-hybridized carbons (Fsp3) is 0.469. The first-order valence-electron chi connectivity index (χ1n) is 14.9. The number of carbonyl (C=O) groups is 4. The Labute approximate surface area is 267 Å². The summed E-state index contributed by atoms with van der Waals surface area (Å²) >= 11 is 0. The molecule has 1 fully saturated rings. The van der Waals surface area contributed by atoms with E-state index in [1.165, 1.54) is 17.0 Å². The van der Waals surface area contributed by atoms with Crippen LogP contribution in [0.5, 0.6) is 17.2 Å². The van der Waals surface area contributed by atoms with E-state index in [1.807, 2.05) is 0 Å². The number of nitrogens with zero attached hydrogens (tertiary/aromatic N) is 2. The summed E-state index contributed by atoms with van der Waals surface area (Å²) in [5, 5.41) is 18.3. The molecule has 1 saturated heterocycles. The molecule has 2 aromatic rings. The fourth-order valence-corrected chi connectivity index (χ4v) is 5.59. The number of carbonyl (C=O) groups excluding carboxylic acids is 3. The van der Waals surface area contributed by atoms with E-state index in [-0.39, 0.29) is 72.2 Å². The van der Waals surface area contributed by atoms with Gasteiger partial charge in [-0.1, -0.05) is 20.8 Å². The Hall–Kier alpha value is -4.69. The second-order valence-corrected chi connectivity index (χ2v) is 12.1. The van der Waals surface area contributed by atoms with E-state index in [0.29, 0.717) is 5.56 Å². The Kier molecular flexibility index (Phi) is 9.88. The lowest BCUT2D eigenvalue weighted by molar-refractivity contribution is -0.189. The quantitative estimate of drug-likeness (QED) is 0.147. The third kappa shape index (κ3) is 7.18. The van der Waals surface area contributed by atoms with Gasteiger partial charge in [0.25, 0.3) is 0 Å². The van der Waals surface area contributed by atoms with E-state index in [2.05, 4.69) is 0 Å². The zero-order chi connectivity index (χ0) is 35.0. The smallest absolute Gasteiger partial charge is 0.490 e. The molecule has 0 spiro atoms. The Bertz CT molecular complexity index is 1630. The summed E-state index contributed by atoms with van der Waals surface area (Å²) in [6.07, 6.45) is -5.54. The largest absolute Gasteiger partial charge is 0.491 e. The van der Waals surface area contributed by atoms with Gasteiger partial charge in [-0.3, -0.25) is 15.0 Å². The zero-order valence-electron chi connectivity index (χ0n) is 26.5. The summed E-state index contributed by atoms with van der Waals surface area (Å²) in [5.74, 6) is -6.74. The van der Waals surface area contributed by atoms with Gasteiger partial charge in [0.1, 0.15) is 17.6 Å². The number of nitrogens with one attached hydrogen (secondary N) is 1. The number of rotatable bonds is 11. The molecule has 0 aromatic heterocycles. The molecule has 0 bridgehead atoms.